The SMILES string of the molecule is Cl.O=C(NCCC1CCCNC1)c1ccc2c(c1)C(=O)N(CC1CCCO1)C2=O. The first kappa shape index (κ1) is 21.7. The van der Waals surface area contributed by atoms with Crippen molar-refractivity contribution in [3.8, 4) is 0 Å². The summed E-state index contributed by atoms with van der Waals surface area (Å²) in [6, 6.07) is 4.75. The Hall–Kier alpha value is -1.96. The largest absolute Gasteiger partial charge is 0.376 e. The molecule has 1 aromatic rings. The Morgan fingerprint density at radius 2 is 2.00 bits per heavy atom. The van der Waals surface area contributed by atoms with E-state index < -0.39 is 0 Å². The molecule has 1 aromatic carbocycles. The number of ether oxygens (including phenoxy) is 1. The zero-order valence-electron chi connectivity index (χ0n) is 16.4. The predicted octanol–water partition coefficient (Wildman–Crippen LogP) is 2.00. The average molecular weight is 422 g/mol. The van der Waals surface area contributed by atoms with Gasteiger partial charge in [-0.3, -0.25) is 19.3 Å². The number of carbonyl (C=O) groups excluding carboxylic acids is 3. The molecular weight excluding hydrogens is 394 g/mol. The molecule has 0 aliphatic carbocycles. The average Bonchev–Trinajstić information content (AvgIpc) is 3.32. The highest BCUT2D eigenvalue weighted by atomic mass is 35.5. The van der Waals surface area contributed by atoms with Gasteiger partial charge in [-0.15, -0.1) is 12.4 Å². The molecule has 0 aromatic heterocycles. The van der Waals surface area contributed by atoms with E-state index >= 15 is 0 Å². The third kappa shape index (κ3) is 4.79. The van der Waals surface area contributed by atoms with E-state index in [0.29, 0.717) is 35.8 Å². The monoisotopic (exact) mass is 421 g/mol. The van der Waals surface area contributed by atoms with Crippen LogP contribution in [-0.4, -0.2) is 61.5 Å². The van der Waals surface area contributed by atoms with Crippen LogP contribution >= 0.6 is 12.4 Å². The van der Waals surface area contributed by atoms with Crippen LogP contribution in [0.25, 0.3) is 0 Å². The van der Waals surface area contributed by atoms with E-state index in [2.05, 4.69) is 10.6 Å². The van der Waals surface area contributed by atoms with Gasteiger partial charge in [-0.25, -0.2) is 0 Å². The molecule has 2 atom stereocenters. The molecule has 3 amide bonds. The van der Waals surface area contributed by atoms with Crippen molar-refractivity contribution in [1.29, 1.82) is 0 Å². The fourth-order valence-corrected chi connectivity index (χ4v) is 4.25. The van der Waals surface area contributed by atoms with Crippen LogP contribution in [0.5, 0.6) is 0 Å². The second-order valence-electron chi connectivity index (χ2n) is 7.87. The lowest BCUT2D eigenvalue weighted by atomic mass is 9.96. The van der Waals surface area contributed by atoms with E-state index in [9.17, 15) is 14.4 Å². The molecule has 2 unspecified atom stereocenters. The Morgan fingerprint density at radius 3 is 2.72 bits per heavy atom. The summed E-state index contributed by atoms with van der Waals surface area (Å²) in [6.45, 7) is 3.65. The van der Waals surface area contributed by atoms with Crippen LogP contribution in [0.2, 0.25) is 0 Å². The summed E-state index contributed by atoms with van der Waals surface area (Å²) in [6.07, 6.45) is 5.04. The lowest BCUT2D eigenvalue weighted by Gasteiger charge is -2.22. The number of hydrogen-bond donors (Lipinski definition) is 2. The number of halogens is 1. The number of piperidine rings is 1. The number of rotatable bonds is 6. The van der Waals surface area contributed by atoms with Crippen LogP contribution in [0.15, 0.2) is 18.2 Å². The van der Waals surface area contributed by atoms with Crippen LogP contribution < -0.4 is 10.6 Å². The van der Waals surface area contributed by atoms with E-state index in [4.69, 9.17) is 4.74 Å². The summed E-state index contributed by atoms with van der Waals surface area (Å²) in [5.41, 5.74) is 1.10. The Morgan fingerprint density at radius 1 is 1.17 bits per heavy atom. The molecule has 0 radical (unpaired) electrons. The van der Waals surface area contributed by atoms with Gasteiger partial charge in [-0.2, -0.15) is 0 Å². The maximum atomic E-state index is 12.7. The minimum atomic E-state index is -0.335. The Balaban J connectivity index is 0.00000240. The number of imide groups is 1. The quantitative estimate of drug-likeness (QED) is 0.686. The predicted molar refractivity (Wildman–Crippen MR) is 111 cm³/mol. The van der Waals surface area contributed by atoms with E-state index in [1.54, 1.807) is 18.2 Å². The van der Waals surface area contributed by atoms with Crippen molar-refractivity contribution in [3.63, 3.8) is 0 Å². The van der Waals surface area contributed by atoms with E-state index in [0.717, 1.165) is 32.4 Å². The zero-order valence-corrected chi connectivity index (χ0v) is 17.3. The van der Waals surface area contributed by atoms with Gasteiger partial charge in [0.2, 0.25) is 0 Å². The fraction of sp³-hybridized carbons (Fsp3) is 0.571. The number of fused-ring (bicyclic) bond motifs is 1. The van der Waals surface area contributed by atoms with Crippen molar-refractivity contribution >= 4 is 30.1 Å². The number of hydrogen-bond acceptors (Lipinski definition) is 5. The molecule has 158 valence electrons. The summed E-state index contributed by atoms with van der Waals surface area (Å²) in [5.74, 6) is -0.241. The molecule has 0 spiro atoms. The number of benzene rings is 1. The zero-order chi connectivity index (χ0) is 19.5. The van der Waals surface area contributed by atoms with Gasteiger partial charge in [0.05, 0.1) is 23.8 Å². The number of amides is 3. The molecule has 0 saturated carbocycles. The van der Waals surface area contributed by atoms with Crippen LogP contribution in [0.3, 0.4) is 0 Å². The van der Waals surface area contributed by atoms with Gasteiger partial charge in [-0.1, -0.05) is 0 Å². The fourth-order valence-electron chi connectivity index (χ4n) is 4.25. The van der Waals surface area contributed by atoms with E-state index in [1.807, 2.05) is 0 Å². The van der Waals surface area contributed by atoms with Crippen molar-refractivity contribution in [2.45, 2.75) is 38.2 Å². The van der Waals surface area contributed by atoms with Crippen molar-refractivity contribution in [1.82, 2.24) is 15.5 Å². The smallest absolute Gasteiger partial charge is 0.261 e. The first-order valence-electron chi connectivity index (χ1n) is 10.2. The molecule has 3 aliphatic rings. The third-order valence-corrected chi connectivity index (χ3v) is 5.88. The molecule has 8 heteroatoms. The first-order chi connectivity index (χ1) is 13.6. The third-order valence-electron chi connectivity index (χ3n) is 5.88. The van der Waals surface area contributed by atoms with Crippen molar-refractivity contribution in [3.05, 3.63) is 34.9 Å². The molecular formula is C21H28ClN3O4. The molecule has 2 N–H and O–H groups in total. The highest BCUT2D eigenvalue weighted by molar-refractivity contribution is 6.22. The van der Waals surface area contributed by atoms with Crippen LogP contribution in [0.4, 0.5) is 0 Å². The summed E-state index contributed by atoms with van der Waals surface area (Å²) >= 11 is 0. The summed E-state index contributed by atoms with van der Waals surface area (Å²) in [7, 11) is 0. The highest BCUT2D eigenvalue weighted by Gasteiger charge is 2.37. The van der Waals surface area contributed by atoms with Crippen molar-refractivity contribution in [2.75, 3.05) is 32.8 Å². The maximum absolute atomic E-state index is 12.7. The molecule has 7 nitrogen and oxygen atoms in total. The Bertz CT molecular complexity index is 773. The lowest BCUT2D eigenvalue weighted by molar-refractivity contribution is 0.0475. The standard InChI is InChI=1S/C21H27N3O4.ClH/c25-19(23-9-7-14-3-1-8-22-12-14)15-5-6-17-18(11-15)21(27)24(20(17)26)13-16-4-2-10-28-16;/h5-6,11,14,16,22H,1-4,7-10,12-13H2,(H,23,25);1H. The molecule has 29 heavy (non-hydrogen) atoms. The summed E-state index contributed by atoms with van der Waals surface area (Å²) in [4.78, 5) is 39.0. The lowest BCUT2D eigenvalue weighted by Crippen LogP contribution is -2.36. The van der Waals surface area contributed by atoms with Gasteiger partial charge in [0.25, 0.3) is 17.7 Å². The minimum absolute atomic E-state index is 0. The molecule has 3 heterocycles. The van der Waals surface area contributed by atoms with Crippen molar-refractivity contribution in [2.24, 2.45) is 5.92 Å². The minimum Gasteiger partial charge on any atom is -0.376 e. The van der Waals surface area contributed by atoms with Gasteiger partial charge >= 0.3 is 0 Å². The number of nitrogens with zero attached hydrogens (tertiary/aromatic N) is 1. The second-order valence-corrected chi connectivity index (χ2v) is 7.87. The molecule has 4 rings (SSSR count). The molecule has 2 fully saturated rings. The van der Waals surface area contributed by atoms with Crippen molar-refractivity contribution < 1.29 is 19.1 Å². The van der Waals surface area contributed by atoms with Gasteiger partial charge in [0, 0.05) is 18.7 Å². The topological polar surface area (TPSA) is 87.7 Å². The van der Waals surface area contributed by atoms with Crippen LogP contribution in [-0.2, 0) is 4.74 Å². The Kier molecular flexibility index (Phi) is 7.27. The summed E-state index contributed by atoms with van der Waals surface area (Å²) in [5, 5.41) is 6.31. The molecule has 0 bridgehead atoms. The van der Waals surface area contributed by atoms with Gasteiger partial charge < -0.3 is 15.4 Å². The second kappa shape index (κ2) is 9.69. The summed E-state index contributed by atoms with van der Waals surface area (Å²) < 4.78 is 5.55. The maximum Gasteiger partial charge on any atom is 0.261 e. The van der Waals surface area contributed by atoms with E-state index in [1.165, 1.54) is 17.7 Å². The van der Waals surface area contributed by atoms with E-state index in [-0.39, 0.29) is 42.8 Å². The Labute approximate surface area is 176 Å². The normalized spacial score (nSPS) is 23.7. The molecule has 2 saturated heterocycles. The number of carbonyl (C=O) groups is 3. The van der Waals surface area contributed by atoms with Gasteiger partial charge in [-0.05, 0) is 69.3 Å². The van der Waals surface area contributed by atoms with Gasteiger partial charge in [0.1, 0.15) is 0 Å². The van der Waals surface area contributed by atoms with Crippen LogP contribution in [0.1, 0.15) is 63.2 Å². The number of nitrogens with one attached hydrogen (secondary N) is 2. The van der Waals surface area contributed by atoms with Crippen LogP contribution in [0, 0.1) is 5.92 Å². The van der Waals surface area contributed by atoms with Gasteiger partial charge in [0.15, 0.2) is 0 Å². The first-order valence-corrected chi connectivity index (χ1v) is 10.2. The molecule has 3 aliphatic heterocycles. The highest BCUT2D eigenvalue weighted by Crippen LogP contribution is 2.26.